The van der Waals surface area contributed by atoms with Crippen molar-refractivity contribution >= 4 is 5.91 Å². The summed E-state index contributed by atoms with van der Waals surface area (Å²) in [6, 6.07) is 5.83. The zero-order valence-corrected chi connectivity index (χ0v) is 13.2. The molecule has 0 unspecified atom stereocenters. The molecule has 0 bridgehead atoms. The van der Waals surface area contributed by atoms with E-state index in [0.29, 0.717) is 5.75 Å². The van der Waals surface area contributed by atoms with Crippen LogP contribution < -0.4 is 10.1 Å². The fraction of sp³-hybridized carbons (Fsp3) is 0.562. The molecule has 0 aliphatic heterocycles. The molecule has 1 aromatic rings. The number of hydrogen-bond donors (Lipinski definition) is 2. The summed E-state index contributed by atoms with van der Waals surface area (Å²) in [6.07, 6.45) is 0. The van der Waals surface area contributed by atoms with Gasteiger partial charge in [-0.3, -0.25) is 4.79 Å². The highest BCUT2D eigenvalue weighted by Gasteiger charge is 2.36. The van der Waals surface area contributed by atoms with E-state index in [2.05, 4.69) is 5.32 Å². The number of aryl methyl sites for hydroxylation is 2. The Hall–Kier alpha value is -1.55. The quantitative estimate of drug-likeness (QED) is 0.870. The van der Waals surface area contributed by atoms with Crippen LogP contribution in [0.15, 0.2) is 18.2 Å². The zero-order chi connectivity index (χ0) is 15.6. The Kier molecular flexibility index (Phi) is 4.81. The summed E-state index contributed by atoms with van der Waals surface area (Å²) >= 11 is 0. The molecule has 2 N–H and O–H groups in total. The van der Waals surface area contributed by atoms with Crippen molar-refractivity contribution in [3.05, 3.63) is 29.3 Å². The monoisotopic (exact) mass is 279 g/mol. The van der Waals surface area contributed by atoms with E-state index >= 15 is 0 Å². The molecule has 0 radical (unpaired) electrons. The molecule has 0 atom stereocenters. The van der Waals surface area contributed by atoms with Crippen molar-refractivity contribution in [1.29, 1.82) is 0 Å². The molecular weight excluding hydrogens is 254 g/mol. The van der Waals surface area contributed by atoms with E-state index in [1.807, 2.05) is 32.0 Å². The molecule has 0 aromatic heterocycles. The van der Waals surface area contributed by atoms with Gasteiger partial charge in [0.25, 0.3) is 5.91 Å². The second-order valence-electron chi connectivity index (χ2n) is 6.34. The standard InChI is InChI=1S/C16H25NO3/c1-11-7-12(2)9-13(8-11)20-10-14(18)17-15(3,4)16(5,6)19/h7-9,19H,10H2,1-6H3,(H,17,18). The number of benzene rings is 1. The number of amides is 1. The Morgan fingerprint density at radius 3 is 2.10 bits per heavy atom. The van der Waals surface area contributed by atoms with Crippen LogP contribution in [0.1, 0.15) is 38.8 Å². The van der Waals surface area contributed by atoms with Crippen LogP contribution in [0.4, 0.5) is 0 Å². The third-order valence-corrected chi connectivity index (χ3v) is 3.55. The number of ether oxygens (including phenoxy) is 1. The lowest BCUT2D eigenvalue weighted by Crippen LogP contribution is -2.58. The fourth-order valence-electron chi connectivity index (χ4n) is 1.70. The van der Waals surface area contributed by atoms with Crippen molar-refractivity contribution in [2.75, 3.05) is 6.61 Å². The fourth-order valence-corrected chi connectivity index (χ4v) is 1.70. The third-order valence-electron chi connectivity index (χ3n) is 3.55. The molecule has 112 valence electrons. The molecule has 4 heteroatoms. The lowest BCUT2D eigenvalue weighted by atomic mass is 9.86. The van der Waals surface area contributed by atoms with Gasteiger partial charge in [0.15, 0.2) is 6.61 Å². The Bertz CT molecular complexity index is 467. The normalized spacial score (nSPS) is 12.2. The van der Waals surface area contributed by atoms with E-state index < -0.39 is 11.1 Å². The molecule has 20 heavy (non-hydrogen) atoms. The van der Waals surface area contributed by atoms with Gasteiger partial charge in [-0.05, 0) is 64.8 Å². The Balaban J connectivity index is 2.60. The zero-order valence-electron chi connectivity index (χ0n) is 13.2. The molecule has 0 saturated heterocycles. The van der Waals surface area contributed by atoms with E-state index in [0.717, 1.165) is 11.1 Å². The summed E-state index contributed by atoms with van der Waals surface area (Å²) < 4.78 is 5.49. The number of rotatable bonds is 5. The first-order valence-electron chi connectivity index (χ1n) is 6.76. The van der Waals surface area contributed by atoms with Gasteiger partial charge in [0.2, 0.25) is 0 Å². The molecule has 0 spiro atoms. The maximum atomic E-state index is 11.9. The second-order valence-corrected chi connectivity index (χ2v) is 6.34. The van der Waals surface area contributed by atoms with Crippen LogP contribution in [-0.2, 0) is 4.79 Å². The average molecular weight is 279 g/mol. The molecule has 0 aliphatic rings. The summed E-state index contributed by atoms with van der Waals surface area (Å²) in [5.74, 6) is 0.426. The van der Waals surface area contributed by atoms with Crippen molar-refractivity contribution in [3.8, 4) is 5.75 Å². The van der Waals surface area contributed by atoms with Crippen LogP contribution in [0.25, 0.3) is 0 Å². The molecular formula is C16H25NO3. The van der Waals surface area contributed by atoms with Crippen molar-refractivity contribution in [1.82, 2.24) is 5.32 Å². The molecule has 1 aromatic carbocycles. The maximum Gasteiger partial charge on any atom is 0.258 e. The molecule has 0 aliphatic carbocycles. The highest BCUT2D eigenvalue weighted by molar-refractivity contribution is 5.78. The first-order chi connectivity index (χ1) is 9.01. The molecule has 0 fully saturated rings. The van der Waals surface area contributed by atoms with Crippen LogP contribution >= 0.6 is 0 Å². The van der Waals surface area contributed by atoms with Gasteiger partial charge in [-0.15, -0.1) is 0 Å². The predicted molar refractivity (Wildman–Crippen MR) is 79.9 cm³/mol. The highest BCUT2D eigenvalue weighted by Crippen LogP contribution is 2.20. The summed E-state index contributed by atoms with van der Waals surface area (Å²) in [7, 11) is 0. The maximum absolute atomic E-state index is 11.9. The van der Waals surface area contributed by atoms with Crippen molar-refractivity contribution in [2.24, 2.45) is 0 Å². The van der Waals surface area contributed by atoms with E-state index in [4.69, 9.17) is 4.74 Å². The van der Waals surface area contributed by atoms with Crippen LogP contribution in [0.5, 0.6) is 5.75 Å². The van der Waals surface area contributed by atoms with Gasteiger partial charge >= 0.3 is 0 Å². The molecule has 1 rings (SSSR count). The van der Waals surface area contributed by atoms with E-state index in [9.17, 15) is 9.90 Å². The van der Waals surface area contributed by atoms with Crippen molar-refractivity contribution in [2.45, 2.75) is 52.7 Å². The first kappa shape index (κ1) is 16.5. The van der Waals surface area contributed by atoms with Gasteiger partial charge < -0.3 is 15.2 Å². The van der Waals surface area contributed by atoms with Crippen molar-refractivity contribution < 1.29 is 14.6 Å². The highest BCUT2D eigenvalue weighted by atomic mass is 16.5. The van der Waals surface area contributed by atoms with Crippen LogP contribution in [0.3, 0.4) is 0 Å². The largest absolute Gasteiger partial charge is 0.484 e. The number of hydrogen-bond acceptors (Lipinski definition) is 3. The smallest absolute Gasteiger partial charge is 0.258 e. The minimum absolute atomic E-state index is 0.0671. The van der Waals surface area contributed by atoms with E-state index in [1.54, 1.807) is 27.7 Å². The molecule has 0 saturated carbocycles. The SMILES string of the molecule is Cc1cc(C)cc(OCC(=O)NC(C)(C)C(C)(C)O)c1. The first-order valence-corrected chi connectivity index (χ1v) is 6.76. The summed E-state index contributed by atoms with van der Waals surface area (Å²) in [5, 5.41) is 12.8. The van der Waals surface area contributed by atoms with Crippen LogP contribution in [0, 0.1) is 13.8 Å². The number of nitrogens with one attached hydrogen (secondary N) is 1. The Labute approximate surface area is 121 Å². The van der Waals surface area contributed by atoms with Gasteiger partial charge in [-0.1, -0.05) is 6.07 Å². The average Bonchev–Trinajstić information content (AvgIpc) is 2.22. The Morgan fingerprint density at radius 2 is 1.65 bits per heavy atom. The number of carbonyl (C=O) groups excluding carboxylic acids is 1. The topological polar surface area (TPSA) is 58.6 Å². The Morgan fingerprint density at radius 1 is 1.15 bits per heavy atom. The predicted octanol–water partition coefficient (Wildman–Crippen LogP) is 2.35. The van der Waals surface area contributed by atoms with Crippen LogP contribution in [-0.4, -0.2) is 28.8 Å². The number of aliphatic hydroxyl groups is 1. The van der Waals surface area contributed by atoms with E-state index in [1.165, 1.54) is 0 Å². The molecule has 4 nitrogen and oxygen atoms in total. The molecule has 1 amide bonds. The summed E-state index contributed by atoms with van der Waals surface area (Å²) in [6.45, 7) is 10.8. The van der Waals surface area contributed by atoms with Gasteiger partial charge in [-0.2, -0.15) is 0 Å². The molecule has 0 heterocycles. The second kappa shape index (κ2) is 5.83. The van der Waals surface area contributed by atoms with Gasteiger partial charge in [0, 0.05) is 0 Å². The summed E-state index contributed by atoms with van der Waals surface area (Å²) in [5.41, 5.74) is 0.452. The van der Waals surface area contributed by atoms with Gasteiger partial charge in [-0.25, -0.2) is 0 Å². The number of carbonyl (C=O) groups is 1. The van der Waals surface area contributed by atoms with Crippen molar-refractivity contribution in [3.63, 3.8) is 0 Å². The van der Waals surface area contributed by atoms with Gasteiger partial charge in [0.1, 0.15) is 5.75 Å². The van der Waals surface area contributed by atoms with Crippen LogP contribution in [0.2, 0.25) is 0 Å². The van der Waals surface area contributed by atoms with Gasteiger partial charge in [0.05, 0.1) is 11.1 Å². The lowest BCUT2D eigenvalue weighted by Gasteiger charge is -2.37. The van der Waals surface area contributed by atoms with E-state index in [-0.39, 0.29) is 12.5 Å². The lowest BCUT2D eigenvalue weighted by molar-refractivity contribution is -0.128. The minimum atomic E-state index is -1.01. The third kappa shape index (κ3) is 4.53. The summed E-state index contributed by atoms with van der Waals surface area (Å²) in [4.78, 5) is 11.9. The minimum Gasteiger partial charge on any atom is -0.484 e.